The Hall–Kier alpha value is -3.99. The zero-order valence-corrected chi connectivity index (χ0v) is 15.5. The van der Waals surface area contributed by atoms with E-state index in [2.05, 4.69) is 9.98 Å². The molecule has 0 unspecified atom stereocenters. The van der Waals surface area contributed by atoms with Crippen molar-refractivity contribution in [3.05, 3.63) is 102 Å². The molecule has 0 saturated carbocycles. The Kier molecular flexibility index (Phi) is 5.29. The number of ether oxygens (including phenoxy) is 1. The van der Waals surface area contributed by atoms with Crippen molar-refractivity contribution in [2.24, 2.45) is 4.99 Å². The van der Waals surface area contributed by atoms with Crippen molar-refractivity contribution in [3.63, 3.8) is 0 Å². The minimum atomic E-state index is -0.941. The lowest BCUT2D eigenvalue weighted by atomic mass is 10.1. The molecule has 1 heterocycles. The van der Waals surface area contributed by atoms with Gasteiger partial charge in [0.2, 0.25) is 0 Å². The van der Waals surface area contributed by atoms with Gasteiger partial charge >= 0.3 is 5.97 Å². The minimum absolute atomic E-state index is 0.256. The average molecular weight is 382 g/mol. The predicted octanol–water partition coefficient (Wildman–Crippen LogP) is 5.26. The molecule has 4 rings (SSSR count). The minimum Gasteiger partial charge on any atom is -0.488 e. The van der Waals surface area contributed by atoms with E-state index in [0.29, 0.717) is 12.4 Å². The fourth-order valence-corrected chi connectivity index (χ4v) is 2.91. The molecule has 0 fully saturated rings. The van der Waals surface area contributed by atoms with Gasteiger partial charge in [-0.3, -0.25) is 9.98 Å². The fourth-order valence-electron chi connectivity index (χ4n) is 2.91. The summed E-state index contributed by atoms with van der Waals surface area (Å²) in [5.74, 6) is -0.232. The van der Waals surface area contributed by atoms with Crippen LogP contribution in [0.5, 0.6) is 5.75 Å². The molecule has 0 spiro atoms. The molecule has 0 amide bonds. The summed E-state index contributed by atoms with van der Waals surface area (Å²) >= 11 is 0. The summed E-state index contributed by atoms with van der Waals surface area (Å²) in [5, 5.41) is 10.0. The van der Waals surface area contributed by atoms with Crippen LogP contribution < -0.4 is 4.74 Å². The molecule has 3 aromatic carbocycles. The Morgan fingerprint density at radius 1 is 1.00 bits per heavy atom. The zero-order chi connectivity index (χ0) is 20.1. The van der Waals surface area contributed by atoms with Gasteiger partial charge in [0, 0.05) is 23.4 Å². The number of carbonyl (C=O) groups is 1. The molecule has 0 aliphatic heterocycles. The predicted molar refractivity (Wildman–Crippen MR) is 113 cm³/mol. The number of aromatic nitrogens is 1. The summed E-state index contributed by atoms with van der Waals surface area (Å²) in [7, 11) is 0. The molecule has 0 saturated heterocycles. The Labute approximate surface area is 168 Å². The summed E-state index contributed by atoms with van der Waals surface area (Å²) in [6.45, 7) is 0.340. The van der Waals surface area contributed by atoms with E-state index >= 15 is 0 Å². The highest BCUT2D eigenvalue weighted by atomic mass is 16.5. The summed E-state index contributed by atoms with van der Waals surface area (Å²) in [4.78, 5) is 19.8. The molecular weight excluding hydrogens is 364 g/mol. The highest BCUT2D eigenvalue weighted by Gasteiger charge is 2.04. The van der Waals surface area contributed by atoms with E-state index < -0.39 is 5.97 Å². The maximum Gasteiger partial charge on any atom is 0.335 e. The van der Waals surface area contributed by atoms with E-state index in [9.17, 15) is 4.79 Å². The SMILES string of the molecule is O=C(O)c1ccc(COc2ccccc2C=Nc2ccc3ncccc3c2)cc1. The molecule has 0 aliphatic rings. The molecule has 5 nitrogen and oxygen atoms in total. The monoisotopic (exact) mass is 382 g/mol. The number of rotatable bonds is 6. The number of carboxylic acids is 1. The van der Waals surface area contributed by atoms with E-state index in [1.54, 1.807) is 36.7 Å². The number of pyridine rings is 1. The lowest BCUT2D eigenvalue weighted by Crippen LogP contribution is -2.00. The topological polar surface area (TPSA) is 71.8 Å². The highest BCUT2D eigenvalue weighted by Crippen LogP contribution is 2.22. The first-order valence-corrected chi connectivity index (χ1v) is 9.12. The number of hydrogen-bond acceptors (Lipinski definition) is 4. The van der Waals surface area contributed by atoms with Gasteiger partial charge in [-0.25, -0.2) is 4.79 Å². The van der Waals surface area contributed by atoms with Gasteiger partial charge in [0.15, 0.2) is 0 Å². The quantitative estimate of drug-likeness (QED) is 0.462. The third-order valence-corrected chi connectivity index (χ3v) is 4.45. The number of para-hydroxylation sites is 1. The molecule has 0 radical (unpaired) electrons. The summed E-state index contributed by atoms with van der Waals surface area (Å²) in [6.07, 6.45) is 3.55. The van der Waals surface area contributed by atoms with Gasteiger partial charge in [0.05, 0.1) is 16.8 Å². The van der Waals surface area contributed by atoms with Crippen molar-refractivity contribution in [1.29, 1.82) is 0 Å². The molecule has 0 bridgehead atoms. The first-order valence-electron chi connectivity index (χ1n) is 9.12. The third-order valence-electron chi connectivity index (χ3n) is 4.45. The average Bonchev–Trinajstić information content (AvgIpc) is 2.77. The van der Waals surface area contributed by atoms with Crippen molar-refractivity contribution in [3.8, 4) is 5.75 Å². The number of fused-ring (bicyclic) bond motifs is 1. The van der Waals surface area contributed by atoms with Gasteiger partial charge in [0.1, 0.15) is 12.4 Å². The number of carboxylic acid groups (broad SMARTS) is 1. The van der Waals surface area contributed by atoms with Crippen molar-refractivity contribution in [2.45, 2.75) is 6.61 Å². The molecule has 4 aromatic rings. The van der Waals surface area contributed by atoms with Crippen LogP contribution in [0.15, 0.2) is 90.1 Å². The molecule has 1 aromatic heterocycles. The number of hydrogen-bond donors (Lipinski definition) is 1. The number of benzene rings is 3. The molecular formula is C24H18N2O3. The second kappa shape index (κ2) is 8.35. The Bertz CT molecular complexity index is 1180. The largest absolute Gasteiger partial charge is 0.488 e. The van der Waals surface area contributed by atoms with Crippen LogP contribution in [0.1, 0.15) is 21.5 Å². The van der Waals surface area contributed by atoms with Crippen molar-refractivity contribution in [2.75, 3.05) is 0 Å². The Balaban J connectivity index is 1.50. The second-order valence-corrected chi connectivity index (χ2v) is 6.47. The van der Waals surface area contributed by atoms with Gasteiger partial charge in [-0.2, -0.15) is 0 Å². The molecule has 1 N–H and O–H groups in total. The Morgan fingerprint density at radius 3 is 2.66 bits per heavy atom. The van der Waals surface area contributed by atoms with Crippen LogP contribution >= 0.6 is 0 Å². The van der Waals surface area contributed by atoms with Crippen LogP contribution in [-0.2, 0) is 6.61 Å². The van der Waals surface area contributed by atoms with E-state index in [1.165, 1.54) is 0 Å². The molecule has 0 atom stereocenters. The summed E-state index contributed by atoms with van der Waals surface area (Å²) in [6, 6.07) is 24.1. The molecule has 29 heavy (non-hydrogen) atoms. The zero-order valence-electron chi connectivity index (χ0n) is 15.5. The number of aliphatic imine (C=N–C) groups is 1. The normalized spacial score (nSPS) is 11.0. The van der Waals surface area contributed by atoms with Gasteiger partial charge in [-0.05, 0) is 54.1 Å². The van der Waals surface area contributed by atoms with E-state index in [4.69, 9.17) is 9.84 Å². The van der Waals surface area contributed by atoms with Gasteiger partial charge in [-0.1, -0.05) is 30.3 Å². The number of aromatic carboxylic acids is 1. The van der Waals surface area contributed by atoms with Crippen molar-refractivity contribution < 1.29 is 14.6 Å². The summed E-state index contributed by atoms with van der Waals surface area (Å²) < 4.78 is 5.93. The van der Waals surface area contributed by atoms with Crippen LogP contribution in [0.3, 0.4) is 0 Å². The first-order chi connectivity index (χ1) is 14.2. The lowest BCUT2D eigenvalue weighted by molar-refractivity contribution is 0.0697. The van der Waals surface area contributed by atoms with E-state index in [-0.39, 0.29) is 5.56 Å². The smallest absolute Gasteiger partial charge is 0.335 e. The third kappa shape index (κ3) is 4.47. The van der Waals surface area contributed by atoms with E-state index in [1.807, 2.05) is 54.6 Å². The van der Waals surface area contributed by atoms with Crippen LogP contribution in [0.2, 0.25) is 0 Å². The first kappa shape index (κ1) is 18.4. The van der Waals surface area contributed by atoms with Crippen LogP contribution in [0, 0.1) is 0 Å². The summed E-state index contributed by atoms with van der Waals surface area (Å²) in [5.41, 5.74) is 3.78. The molecule has 0 aliphatic carbocycles. The van der Waals surface area contributed by atoms with Gasteiger partial charge in [0.25, 0.3) is 0 Å². The van der Waals surface area contributed by atoms with Gasteiger partial charge in [-0.15, -0.1) is 0 Å². The Morgan fingerprint density at radius 2 is 1.83 bits per heavy atom. The van der Waals surface area contributed by atoms with Crippen LogP contribution in [0.4, 0.5) is 5.69 Å². The van der Waals surface area contributed by atoms with Gasteiger partial charge < -0.3 is 9.84 Å². The second-order valence-electron chi connectivity index (χ2n) is 6.47. The van der Waals surface area contributed by atoms with Crippen molar-refractivity contribution >= 4 is 28.8 Å². The maximum atomic E-state index is 10.9. The van der Waals surface area contributed by atoms with Crippen LogP contribution in [-0.4, -0.2) is 22.3 Å². The standard InChI is InChI=1S/C24H18N2O3/c27-24(28)18-9-7-17(8-10-18)16-29-23-6-2-1-4-20(23)15-26-21-11-12-22-19(14-21)5-3-13-25-22/h1-15H,16H2,(H,27,28). The number of nitrogens with zero attached hydrogens (tertiary/aromatic N) is 2. The fraction of sp³-hybridized carbons (Fsp3) is 0.0417. The van der Waals surface area contributed by atoms with Crippen molar-refractivity contribution in [1.82, 2.24) is 4.98 Å². The lowest BCUT2D eigenvalue weighted by Gasteiger charge is -2.09. The van der Waals surface area contributed by atoms with Crippen LogP contribution in [0.25, 0.3) is 10.9 Å². The molecule has 5 heteroatoms. The van der Waals surface area contributed by atoms with E-state index in [0.717, 1.165) is 27.7 Å². The molecule has 142 valence electrons. The maximum absolute atomic E-state index is 10.9. The highest BCUT2D eigenvalue weighted by molar-refractivity contribution is 5.88.